The van der Waals surface area contributed by atoms with E-state index in [0.717, 1.165) is 11.3 Å². The molecular formula is C18H11ClS. The monoisotopic (exact) mass is 305 g/mol. The van der Waals surface area contributed by atoms with Crippen LogP contribution in [0.15, 0.2) is 66.5 Å². The van der Waals surface area contributed by atoms with Gasteiger partial charge in [-0.05, 0) is 29.3 Å². The molecule has 0 radical (unpaired) electrons. The van der Waals surface area contributed by atoms with Crippen LogP contribution in [-0.2, 0) is 0 Å². The summed E-state index contributed by atoms with van der Waals surface area (Å²) in [4.78, 5) is 0. The molecule has 4 aromatic rings. The van der Waals surface area contributed by atoms with E-state index in [2.05, 4.69) is 0 Å². The summed E-state index contributed by atoms with van der Waals surface area (Å²) in [5.41, 5.74) is -0.644. The number of thiophene rings is 1. The van der Waals surface area contributed by atoms with Crippen LogP contribution in [0.4, 0.5) is 0 Å². The summed E-state index contributed by atoms with van der Waals surface area (Å²) in [6, 6.07) is -5.39. The van der Waals surface area contributed by atoms with Crippen molar-refractivity contribution in [2.75, 3.05) is 0 Å². The van der Waals surface area contributed by atoms with Crippen LogP contribution in [0.25, 0.3) is 31.3 Å². The van der Waals surface area contributed by atoms with Crippen molar-refractivity contribution in [1.82, 2.24) is 0 Å². The molecule has 3 aromatic carbocycles. The Kier molecular flexibility index (Phi) is 1.20. The molecule has 1 aromatic heterocycles. The van der Waals surface area contributed by atoms with Crippen molar-refractivity contribution in [2.24, 2.45) is 0 Å². The Hall–Kier alpha value is -1.83. The number of rotatable bonds is 1. The van der Waals surface area contributed by atoms with Crippen LogP contribution in [0.3, 0.4) is 0 Å². The number of hydrogen-bond donors (Lipinski definition) is 0. The fraction of sp³-hybridized carbons (Fsp3) is 0. The first-order valence-electron chi connectivity index (χ1n) is 11.1. The first kappa shape index (κ1) is 5.18. The topological polar surface area (TPSA) is 0 Å². The van der Waals surface area contributed by atoms with E-state index in [9.17, 15) is 0 Å². The highest BCUT2D eigenvalue weighted by molar-refractivity contribution is 7.26. The Labute approximate surface area is 141 Å². The van der Waals surface area contributed by atoms with E-state index in [1.165, 1.54) is 0 Å². The third-order valence-electron chi connectivity index (χ3n) is 2.78. The molecule has 0 unspecified atom stereocenters. The summed E-state index contributed by atoms with van der Waals surface area (Å²) in [6.45, 7) is 0. The molecule has 20 heavy (non-hydrogen) atoms. The lowest BCUT2D eigenvalue weighted by Gasteiger charge is -2.01. The lowest BCUT2D eigenvalue weighted by molar-refractivity contribution is 1.66. The van der Waals surface area contributed by atoms with Gasteiger partial charge < -0.3 is 0 Å². The summed E-state index contributed by atoms with van der Waals surface area (Å²) in [6.07, 6.45) is 0. The molecular weight excluding hydrogens is 284 g/mol. The van der Waals surface area contributed by atoms with Crippen molar-refractivity contribution >= 4 is 43.1 Å². The minimum Gasteiger partial charge on any atom is -0.135 e. The van der Waals surface area contributed by atoms with Gasteiger partial charge >= 0.3 is 0 Å². The molecule has 0 aliphatic rings. The molecule has 0 amide bonds. The average molecular weight is 306 g/mol. The van der Waals surface area contributed by atoms with Crippen LogP contribution < -0.4 is 0 Å². The van der Waals surface area contributed by atoms with Gasteiger partial charge in [0.2, 0.25) is 0 Å². The van der Waals surface area contributed by atoms with Gasteiger partial charge in [0.15, 0.2) is 0 Å². The van der Waals surface area contributed by atoms with Gasteiger partial charge in [0.25, 0.3) is 0 Å². The first-order valence-corrected chi connectivity index (χ1v) is 6.79. The maximum Gasteiger partial charge on any atom is 0.0644 e. The van der Waals surface area contributed by atoms with Crippen LogP contribution in [-0.4, -0.2) is 0 Å². The summed E-state index contributed by atoms with van der Waals surface area (Å²) >= 11 is 7.13. The predicted molar refractivity (Wildman–Crippen MR) is 89.8 cm³/mol. The van der Waals surface area contributed by atoms with Gasteiger partial charge in [0, 0.05) is 25.2 Å². The van der Waals surface area contributed by atoms with Gasteiger partial charge in [-0.1, -0.05) is 59.9 Å². The third kappa shape index (κ3) is 1.82. The Balaban J connectivity index is 2.27. The van der Waals surface area contributed by atoms with Gasteiger partial charge in [0.1, 0.15) is 0 Å². The van der Waals surface area contributed by atoms with Gasteiger partial charge in [0.05, 0.1) is 15.1 Å². The average Bonchev–Trinajstić information content (AvgIpc) is 3.15. The molecule has 0 atom stereocenters. The summed E-state index contributed by atoms with van der Waals surface area (Å²) in [5.74, 6) is 0. The standard InChI is InChI=1S/C18H11ClS/c19-15-7-4-8-16-18(15)14-10-9-13(11-17(14)20-16)12-5-2-1-3-6-12/h1-11H/i1D,2D,3D,4D,5D,6D,7D,8D,9D,10D,11D. The van der Waals surface area contributed by atoms with Crippen molar-refractivity contribution in [1.29, 1.82) is 0 Å². The molecule has 96 valence electrons. The van der Waals surface area contributed by atoms with Crippen molar-refractivity contribution in [3.8, 4) is 11.1 Å². The second-order valence-corrected chi connectivity index (χ2v) is 5.35. The fourth-order valence-electron chi connectivity index (χ4n) is 1.91. The second-order valence-electron chi connectivity index (χ2n) is 3.95. The van der Waals surface area contributed by atoms with Crippen LogP contribution in [0.2, 0.25) is 5.02 Å². The minimum atomic E-state index is -0.619. The second kappa shape index (κ2) is 4.62. The molecule has 4 rings (SSSR count). The maximum atomic E-state index is 8.66. The highest BCUT2D eigenvalue weighted by Gasteiger charge is 2.09. The van der Waals surface area contributed by atoms with Gasteiger partial charge in [-0.25, -0.2) is 0 Å². The summed E-state index contributed by atoms with van der Waals surface area (Å²) < 4.78 is 89.8. The van der Waals surface area contributed by atoms with E-state index in [4.69, 9.17) is 26.7 Å². The van der Waals surface area contributed by atoms with Crippen LogP contribution in [0, 0.1) is 0 Å². The van der Waals surface area contributed by atoms with Crippen LogP contribution in [0.5, 0.6) is 0 Å². The molecule has 0 nitrogen and oxygen atoms in total. The fourth-order valence-corrected chi connectivity index (χ4v) is 3.22. The Morgan fingerprint density at radius 3 is 2.50 bits per heavy atom. The molecule has 0 bridgehead atoms. The number of halogens is 1. The Morgan fingerprint density at radius 2 is 1.65 bits per heavy atom. The van der Waals surface area contributed by atoms with Gasteiger partial charge in [-0.3, -0.25) is 0 Å². The van der Waals surface area contributed by atoms with Crippen molar-refractivity contribution in [3.63, 3.8) is 0 Å². The largest absolute Gasteiger partial charge is 0.135 e. The third-order valence-corrected chi connectivity index (χ3v) is 4.08. The van der Waals surface area contributed by atoms with E-state index in [1.54, 1.807) is 0 Å². The highest BCUT2D eigenvalue weighted by Crippen LogP contribution is 2.39. The molecule has 0 N–H and O–H groups in total. The Bertz CT molecular complexity index is 1430. The SMILES string of the molecule is [2H]c1c([2H])c([2H])c(-c2c([2H])c([2H])c3c(sc4c([2H])c([2H])c([2H])c(Cl)c43)c2[2H])c([2H])c1[2H]. The van der Waals surface area contributed by atoms with E-state index in [0.29, 0.717) is 0 Å². The predicted octanol–water partition coefficient (Wildman–Crippen LogP) is 6.37. The lowest BCUT2D eigenvalue weighted by atomic mass is 10.0. The highest BCUT2D eigenvalue weighted by atomic mass is 35.5. The smallest absolute Gasteiger partial charge is 0.0644 e. The van der Waals surface area contributed by atoms with Crippen molar-refractivity contribution in [2.45, 2.75) is 0 Å². The molecule has 0 saturated carbocycles. The molecule has 0 saturated heterocycles. The minimum absolute atomic E-state index is 0.0677. The number of hydrogen-bond acceptors (Lipinski definition) is 1. The molecule has 1 heterocycles. The molecule has 0 spiro atoms. The number of fused-ring (bicyclic) bond motifs is 3. The maximum absolute atomic E-state index is 8.66. The summed E-state index contributed by atoms with van der Waals surface area (Å²) in [7, 11) is 0. The first-order chi connectivity index (χ1) is 14.4. The zero-order chi connectivity index (χ0) is 23.1. The van der Waals surface area contributed by atoms with E-state index >= 15 is 0 Å². The molecule has 0 aliphatic heterocycles. The number of benzene rings is 3. The quantitative estimate of drug-likeness (QED) is 0.383. The van der Waals surface area contributed by atoms with Crippen molar-refractivity contribution < 1.29 is 15.1 Å². The van der Waals surface area contributed by atoms with Crippen LogP contribution in [0.1, 0.15) is 15.1 Å². The zero-order valence-electron chi connectivity index (χ0n) is 20.8. The van der Waals surface area contributed by atoms with Crippen LogP contribution >= 0.6 is 22.9 Å². The van der Waals surface area contributed by atoms with Gasteiger partial charge in [-0.2, -0.15) is 0 Å². The van der Waals surface area contributed by atoms with E-state index in [-0.39, 0.29) is 48.4 Å². The molecule has 0 fully saturated rings. The summed E-state index contributed by atoms with van der Waals surface area (Å²) in [5, 5.41) is 0.0375. The molecule has 2 heteroatoms. The zero-order valence-corrected chi connectivity index (χ0v) is 11.4. The Morgan fingerprint density at radius 1 is 0.800 bits per heavy atom. The van der Waals surface area contributed by atoms with E-state index in [1.807, 2.05) is 0 Å². The van der Waals surface area contributed by atoms with Gasteiger partial charge in [-0.15, -0.1) is 11.3 Å². The van der Waals surface area contributed by atoms with Crippen molar-refractivity contribution in [3.05, 3.63) is 71.5 Å². The normalized spacial score (nSPS) is 18.9. The van der Waals surface area contributed by atoms with E-state index < -0.39 is 54.4 Å². The molecule has 0 aliphatic carbocycles. The lowest BCUT2D eigenvalue weighted by Crippen LogP contribution is -1.76.